The zero-order valence-corrected chi connectivity index (χ0v) is 8.55. The van der Waals surface area contributed by atoms with E-state index >= 15 is 0 Å². The molecule has 2 N–H and O–H groups in total. The zero-order chi connectivity index (χ0) is 8.81. The van der Waals surface area contributed by atoms with Crippen LogP contribution in [0.25, 0.3) is 0 Å². The fourth-order valence-electron chi connectivity index (χ4n) is 0.970. The van der Waals surface area contributed by atoms with E-state index in [1.807, 2.05) is 16.9 Å². The van der Waals surface area contributed by atoms with Crippen molar-refractivity contribution in [2.45, 2.75) is 20.0 Å². The van der Waals surface area contributed by atoms with E-state index in [4.69, 9.17) is 5.11 Å². The van der Waals surface area contributed by atoms with Crippen LogP contribution in [0.4, 0.5) is 0 Å². The summed E-state index contributed by atoms with van der Waals surface area (Å²) in [4.78, 5) is 0. The van der Waals surface area contributed by atoms with Crippen molar-refractivity contribution in [1.29, 1.82) is 0 Å². The van der Waals surface area contributed by atoms with E-state index in [0.29, 0.717) is 6.54 Å². The van der Waals surface area contributed by atoms with Gasteiger partial charge in [-0.05, 0) is 13.0 Å². The predicted octanol–water partition coefficient (Wildman–Crippen LogP) is 0.407. The van der Waals surface area contributed by atoms with Crippen LogP contribution in [0.2, 0.25) is 0 Å². The van der Waals surface area contributed by atoms with Crippen LogP contribution in [0.1, 0.15) is 12.6 Å². The van der Waals surface area contributed by atoms with E-state index in [-0.39, 0.29) is 19.0 Å². The van der Waals surface area contributed by atoms with Gasteiger partial charge in [0.15, 0.2) is 0 Å². The van der Waals surface area contributed by atoms with Gasteiger partial charge in [0.05, 0.1) is 12.3 Å². The Kier molecular flexibility index (Phi) is 6.58. The first-order valence-corrected chi connectivity index (χ1v) is 4.20. The van der Waals surface area contributed by atoms with Crippen LogP contribution in [0, 0.1) is 0 Å². The summed E-state index contributed by atoms with van der Waals surface area (Å²) in [7, 11) is 0. The van der Waals surface area contributed by atoms with Gasteiger partial charge in [-0.3, -0.25) is 4.68 Å². The molecule has 0 unspecified atom stereocenters. The van der Waals surface area contributed by atoms with Crippen LogP contribution in [0.5, 0.6) is 0 Å². The number of hydrogen-bond donors (Lipinski definition) is 2. The second kappa shape index (κ2) is 6.88. The maximum Gasteiger partial charge on any atom is 0.0762 e. The van der Waals surface area contributed by atoms with Crippen molar-refractivity contribution in [3.63, 3.8) is 0 Å². The van der Waals surface area contributed by atoms with Gasteiger partial charge in [-0.25, -0.2) is 0 Å². The van der Waals surface area contributed by atoms with Gasteiger partial charge in [0, 0.05) is 25.8 Å². The normalized spacial score (nSPS) is 9.69. The van der Waals surface area contributed by atoms with Gasteiger partial charge in [-0.2, -0.15) is 5.10 Å². The minimum Gasteiger partial charge on any atom is -0.395 e. The van der Waals surface area contributed by atoms with E-state index in [1.54, 1.807) is 0 Å². The molecular formula is C8H16ClN3O. The second-order valence-electron chi connectivity index (χ2n) is 2.56. The minimum absolute atomic E-state index is 0. The number of nitrogens with zero attached hydrogens (tertiary/aromatic N) is 2. The topological polar surface area (TPSA) is 50.1 Å². The van der Waals surface area contributed by atoms with E-state index in [0.717, 1.165) is 18.8 Å². The standard InChI is InChI=1S/C8H15N3O.ClH/c1-2-11-5-3-8(10-11)7-9-4-6-12;/h3,5,9,12H,2,4,6-7H2,1H3;1H. The van der Waals surface area contributed by atoms with E-state index in [1.165, 1.54) is 0 Å². The molecule has 5 heteroatoms. The molecule has 76 valence electrons. The van der Waals surface area contributed by atoms with Crippen LogP contribution in [0.3, 0.4) is 0 Å². The van der Waals surface area contributed by atoms with Crippen molar-refractivity contribution < 1.29 is 5.11 Å². The Labute approximate surface area is 84.4 Å². The molecule has 0 aliphatic heterocycles. The summed E-state index contributed by atoms with van der Waals surface area (Å²) in [5.41, 5.74) is 1.02. The molecule has 0 radical (unpaired) electrons. The largest absolute Gasteiger partial charge is 0.395 e. The quantitative estimate of drug-likeness (QED) is 0.685. The molecule has 0 atom stereocenters. The Bertz CT molecular complexity index is 227. The van der Waals surface area contributed by atoms with Crippen molar-refractivity contribution in [3.05, 3.63) is 18.0 Å². The number of halogens is 1. The molecule has 0 fully saturated rings. The third-order valence-electron chi connectivity index (χ3n) is 1.61. The molecule has 0 aliphatic rings. The average molecular weight is 206 g/mol. The Morgan fingerprint density at radius 3 is 2.92 bits per heavy atom. The molecule has 13 heavy (non-hydrogen) atoms. The third-order valence-corrected chi connectivity index (χ3v) is 1.61. The maximum absolute atomic E-state index is 8.51. The molecule has 4 nitrogen and oxygen atoms in total. The third kappa shape index (κ3) is 4.26. The lowest BCUT2D eigenvalue weighted by molar-refractivity contribution is 0.291. The molecule has 0 aliphatic carbocycles. The smallest absolute Gasteiger partial charge is 0.0762 e. The van der Waals surface area contributed by atoms with Crippen molar-refractivity contribution in [1.82, 2.24) is 15.1 Å². The average Bonchev–Trinajstić information content (AvgIpc) is 2.53. The molecule has 0 saturated heterocycles. The summed E-state index contributed by atoms with van der Waals surface area (Å²) < 4.78 is 1.88. The molecular weight excluding hydrogens is 190 g/mol. The van der Waals surface area contributed by atoms with Crippen molar-refractivity contribution >= 4 is 12.4 Å². The number of hydrogen-bond acceptors (Lipinski definition) is 3. The van der Waals surface area contributed by atoms with Gasteiger partial charge in [-0.1, -0.05) is 0 Å². The van der Waals surface area contributed by atoms with Gasteiger partial charge in [0.1, 0.15) is 0 Å². The summed E-state index contributed by atoms with van der Waals surface area (Å²) in [6.45, 7) is 4.49. The Morgan fingerprint density at radius 1 is 1.62 bits per heavy atom. The molecule has 0 saturated carbocycles. The summed E-state index contributed by atoms with van der Waals surface area (Å²) in [5, 5.41) is 15.8. The van der Waals surface area contributed by atoms with E-state index in [9.17, 15) is 0 Å². The Hall–Kier alpha value is -0.580. The predicted molar refractivity (Wildman–Crippen MR) is 53.9 cm³/mol. The first-order valence-electron chi connectivity index (χ1n) is 4.20. The lowest BCUT2D eigenvalue weighted by Crippen LogP contribution is -2.17. The number of aliphatic hydroxyl groups is 1. The van der Waals surface area contributed by atoms with E-state index < -0.39 is 0 Å². The molecule has 1 rings (SSSR count). The highest BCUT2D eigenvalue weighted by Crippen LogP contribution is 1.94. The summed E-state index contributed by atoms with van der Waals surface area (Å²) >= 11 is 0. The summed E-state index contributed by atoms with van der Waals surface area (Å²) in [5.74, 6) is 0. The lowest BCUT2D eigenvalue weighted by Gasteiger charge is -1.98. The summed E-state index contributed by atoms with van der Waals surface area (Å²) in [6, 6.07) is 1.98. The second-order valence-corrected chi connectivity index (χ2v) is 2.56. The highest BCUT2D eigenvalue weighted by molar-refractivity contribution is 5.85. The zero-order valence-electron chi connectivity index (χ0n) is 7.73. The number of aromatic nitrogens is 2. The fraction of sp³-hybridized carbons (Fsp3) is 0.625. The van der Waals surface area contributed by atoms with Crippen molar-refractivity contribution in [3.8, 4) is 0 Å². The van der Waals surface area contributed by atoms with Crippen LogP contribution in [0.15, 0.2) is 12.3 Å². The first-order chi connectivity index (χ1) is 5.86. The molecule has 0 bridgehead atoms. The van der Waals surface area contributed by atoms with Crippen LogP contribution >= 0.6 is 12.4 Å². The highest BCUT2D eigenvalue weighted by atomic mass is 35.5. The molecule has 1 heterocycles. The van der Waals surface area contributed by atoms with Gasteiger partial charge in [0.25, 0.3) is 0 Å². The number of aliphatic hydroxyl groups excluding tert-OH is 1. The Balaban J connectivity index is 0.00000144. The molecule has 1 aromatic heterocycles. The minimum atomic E-state index is 0. The van der Waals surface area contributed by atoms with Gasteiger partial charge >= 0.3 is 0 Å². The van der Waals surface area contributed by atoms with Crippen LogP contribution < -0.4 is 5.32 Å². The van der Waals surface area contributed by atoms with Crippen LogP contribution in [-0.2, 0) is 13.1 Å². The molecule has 0 aromatic carbocycles. The lowest BCUT2D eigenvalue weighted by atomic mass is 10.4. The molecule has 0 spiro atoms. The van der Waals surface area contributed by atoms with E-state index in [2.05, 4.69) is 17.3 Å². The van der Waals surface area contributed by atoms with Gasteiger partial charge in [-0.15, -0.1) is 12.4 Å². The maximum atomic E-state index is 8.51. The Morgan fingerprint density at radius 2 is 2.38 bits per heavy atom. The molecule has 1 aromatic rings. The summed E-state index contributed by atoms with van der Waals surface area (Å²) in [6.07, 6.45) is 1.95. The number of nitrogens with one attached hydrogen (secondary N) is 1. The highest BCUT2D eigenvalue weighted by Gasteiger charge is 1.95. The van der Waals surface area contributed by atoms with Crippen LogP contribution in [-0.4, -0.2) is 28.0 Å². The van der Waals surface area contributed by atoms with Gasteiger partial charge in [0.2, 0.25) is 0 Å². The van der Waals surface area contributed by atoms with Gasteiger partial charge < -0.3 is 10.4 Å². The van der Waals surface area contributed by atoms with Crippen molar-refractivity contribution in [2.75, 3.05) is 13.2 Å². The number of aryl methyl sites for hydroxylation is 1. The fourth-order valence-corrected chi connectivity index (χ4v) is 0.970. The monoisotopic (exact) mass is 205 g/mol. The first kappa shape index (κ1) is 12.4. The number of rotatable bonds is 5. The SMILES string of the molecule is CCn1ccc(CNCCO)n1.Cl. The van der Waals surface area contributed by atoms with Crippen molar-refractivity contribution in [2.24, 2.45) is 0 Å². The molecule has 0 amide bonds.